The average molecular weight is 260 g/mol. The van der Waals surface area contributed by atoms with Crippen LogP contribution in [0, 0.1) is 6.92 Å². The molecular formula is C12H22ClN3O. The highest BCUT2D eigenvalue weighted by atomic mass is 35.5. The van der Waals surface area contributed by atoms with Crippen molar-refractivity contribution in [1.82, 2.24) is 15.1 Å². The van der Waals surface area contributed by atoms with Crippen LogP contribution in [0.4, 0.5) is 0 Å². The first-order valence-electron chi connectivity index (χ1n) is 6.03. The molecule has 1 aromatic rings. The second kappa shape index (κ2) is 6.99. The maximum absolute atomic E-state index is 6.23. The zero-order valence-corrected chi connectivity index (χ0v) is 11.8. The van der Waals surface area contributed by atoms with E-state index in [0.29, 0.717) is 6.04 Å². The highest BCUT2D eigenvalue weighted by molar-refractivity contribution is 6.31. The molecule has 98 valence electrons. The van der Waals surface area contributed by atoms with Crippen LogP contribution in [-0.2, 0) is 18.2 Å². The normalized spacial score (nSPS) is 13.0. The molecule has 1 unspecified atom stereocenters. The van der Waals surface area contributed by atoms with E-state index in [-0.39, 0.29) is 0 Å². The minimum Gasteiger partial charge on any atom is -0.382 e. The van der Waals surface area contributed by atoms with E-state index in [1.165, 1.54) is 0 Å². The number of aromatic nitrogens is 2. The summed E-state index contributed by atoms with van der Waals surface area (Å²) < 4.78 is 7.24. The molecule has 0 bridgehead atoms. The molecule has 0 aliphatic rings. The van der Waals surface area contributed by atoms with Crippen LogP contribution in [0.1, 0.15) is 24.7 Å². The minimum absolute atomic E-state index is 0.369. The molecule has 0 radical (unpaired) electrons. The van der Waals surface area contributed by atoms with Crippen molar-refractivity contribution >= 4 is 11.6 Å². The van der Waals surface area contributed by atoms with Crippen molar-refractivity contribution in [2.75, 3.05) is 20.3 Å². The van der Waals surface area contributed by atoms with E-state index in [2.05, 4.69) is 10.4 Å². The quantitative estimate of drug-likeness (QED) is 0.761. The maximum Gasteiger partial charge on any atom is 0.0847 e. The van der Waals surface area contributed by atoms with E-state index in [1.807, 2.05) is 32.6 Å². The highest BCUT2D eigenvalue weighted by Gasteiger charge is 2.15. The molecule has 1 atom stereocenters. The van der Waals surface area contributed by atoms with Crippen LogP contribution >= 0.6 is 11.6 Å². The number of ether oxygens (including phenoxy) is 1. The summed E-state index contributed by atoms with van der Waals surface area (Å²) in [7, 11) is 3.90. The van der Waals surface area contributed by atoms with Crippen LogP contribution in [-0.4, -0.2) is 36.1 Å². The fraction of sp³-hybridized carbons (Fsp3) is 0.750. The lowest BCUT2D eigenvalue weighted by molar-refractivity contribution is 0.137. The van der Waals surface area contributed by atoms with Crippen LogP contribution < -0.4 is 5.32 Å². The molecule has 0 aromatic carbocycles. The van der Waals surface area contributed by atoms with Gasteiger partial charge in [0.25, 0.3) is 0 Å². The topological polar surface area (TPSA) is 39.1 Å². The Bertz CT molecular complexity index is 352. The van der Waals surface area contributed by atoms with Gasteiger partial charge in [0.15, 0.2) is 0 Å². The number of aryl methyl sites for hydroxylation is 2. The first kappa shape index (κ1) is 14.5. The van der Waals surface area contributed by atoms with Crippen LogP contribution in [0.25, 0.3) is 0 Å². The first-order chi connectivity index (χ1) is 8.10. The fourth-order valence-electron chi connectivity index (χ4n) is 1.85. The third-order valence-electron chi connectivity index (χ3n) is 2.92. The van der Waals surface area contributed by atoms with Gasteiger partial charge in [-0.25, -0.2) is 0 Å². The molecule has 0 saturated carbocycles. The summed E-state index contributed by atoms with van der Waals surface area (Å²) in [6.07, 6.45) is 1.85. The molecule has 1 rings (SSSR count). The van der Waals surface area contributed by atoms with E-state index in [1.54, 1.807) is 0 Å². The average Bonchev–Trinajstić information content (AvgIpc) is 2.54. The van der Waals surface area contributed by atoms with E-state index < -0.39 is 0 Å². The van der Waals surface area contributed by atoms with E-state index in [4.69, 9.17) is 16.3 Å². The Labute approximate surface area is 108 Å². The number of nitrogens with zero attached hydrogens (tertiary/aromatic N) is 2. The second-order valence-corrected chi connectivity index (χ2v) is 4.52. The number of likely N-dealkylation sites (N-methyl/N-ethyl adjacent to an activating group) is 1. The number of rotatable bonds is 7. The molecule has 0 aliphatic heterocycles. The van der Waals surface area contributed by atoms with Gasteiger partial charge < -0.3 is 10.1 Å². The molecule has 0 fully saturated rings. The van der Waals surface area contributed by atoms with Gasteiger partial charge in [-0.05, 0) is 27.3 Å². The smallest absolute Gasteiger partial charge is 0.0847 e. The summed E-state index contributed by atoms with van der Waals surface area (Å²) in [4.78, 5) is 0. The largest absolute Gasteiger partial charge is 0.382 e. The summed E-state index contributed by atoms with van der Waals surface area (Å²) in [5.74, 6) is 0. The lowest BCUT2D eigenvalue weighted by atomic mass is 10.1. The molecule has 0 saturated heterocycles. The molecular weight excluding hydrogens is 238 g/mol. The predicted octanol–water partition coefficient (Wildman–Crippen LogP) is 1.94. The first-order valence-corrected chi connectivity index (χ1v) is 6.40. The molecule has 0 aliphatic carbocycles. The standard InChI is InChI=1S/C12H22ClN3O/c1-5-17-7-6-10(14-3)8-11-12(13)9(2)15-16(11)4/h10,14H,5-8H2,1-4H3. The van der Waals surface area contributed by atoms with Crippen molar-refractivity contribution in [2.45, 2.75) is 32.7 Å². The van der Waals surface area contributed by atoms with Crippen molar-refractivity contribution in [3.05, 3.63) is 16.4 Å². The molecule has 1 N–H and O–H groups in total. The Balaban J connectivity index is 2.60. The van der Waals surface area contributed by atoms with Crippen LogP contribution in [0.3, 0.4) is 0 Å². The Morgan fingerprint density at radius 3 is 2.71 bits per heavy atom. The molecule has 1 heterocycles. The van der Waals surface area contributed by atoms with Crippen molar-refractivity contribution in [1.29, 1.82) is 0 Å². The summed E-state index contributed by atoms with van der Waals surface area (Å²) in [6.45, 7) is 5.48. The van der Waals surface area contributed by atoms with E-state index in [9.17, 15) is 0 Å². The van der Waals surface area contributed by atoms with Gasteiger partial charge in [-0.1, -0.05) is 11.6 Å². The van der Waals surface area contributed by atoms with Gasteiger partial charge in [0, 0.05) is 32.7 Å². The number of halogens is 1. The molecule has 17 heavy (non-hydrogen) atoms. The van der Waals surface area contributed by atoms with Gasteiger partial charge in [-0.15, -0.1) is 0 Å². The van der Waals surface area contributed by atoms with Gasteiger partial charge in [0.2, 0.25) is 0 Å². The lowest BCUT2D eigenvalue weighted by Gasteiger charge is -2.16. The third-order valence-corrected chi connectivity index (χ3v) is 3.42. The van der Waals surface area contributed by atoms with Crippen molar-refractivity contribution < 1.29 is 4.74 Å². The number of hydrogen-bond acceptors (Lipinski definition) is 3. The van der Waals surface area contributed by atoms with Gasteiger partial charge >= 0.3 is 0 Å². The van der Waals surface area contributed by atoms with Gasteiger partial charge in [-0.2, -0.15) is 5.10 Å². The minimum atomic E-state index is 0.369. The van der Waals surface area contributed by atoms with Crippen LogP contribution in [0.2, 0.25) is 5.02 Å². The Kier molecular flexibility index (Phi) is 5.95. The highest BCUT2D eigenvalue weighted by Crippen LogP contribution is 2.21. The number of hydrogen-bond donors (Lipinski definition) is 1. The van der Waals surface area contributed by atoms with Gasteiger partial charge in [-0.3, -0.25) is 4.68 Å². The fourth-order valence-corrected chi connectivity index (χ4v) is 2.09. The monoisotopic (exact) mass is 259 g/mol. The second-order valence-electron chi connectivity index (χ2n) is 4.15. The summed E-state index contributed by atoms with van der Waals surface area (Å²) in [6, 6.07) is 0.369. The summed E-state index contributed by atoms with van der Waals surface area (Å²) in [5.41, 5.74) is 1.98. The van der Waals surface area contributed by atoms with Crippen molar-refractivity contribution in [3.63, 3.8) is 0 Å². The molecule has 0 amide bonds. The predicted molar refractivity (Wildman–Crippen MR) is 70.6 cm³/mol. The zero-order chi connectivity index (χ0) is 12.8. The zero-order valence-electron chi connectivity index (χ0n) is 11.1. The van der Waals surface area contributed by atoms with Gasteiger partial charge in [0.05, 0.1) is 16.4 Å². The Morgan fingerprint density at radius 1 is 1.53 bits per heavy atom. The number of nitrogens with one attached hydrogen (secondary N) is 1. The lowest BCUT2D eigenvalue weighted by Crippen LogP contribution is -2.30. The summed E-state index contributed by atoms with van der Waals surface area (Å²) in [5, 5.41) is 8.40. The van der Waals surface area contributed by atoms with Gasteiger partial charge in [0.1, 0.15) is 0 Å². The SMILES string of the molecule is CCOCCC(Cc1c(Cl)c(C)nn1C)NC. The summed E-state index contributed by atoms with van der Waals surface area (Å²) >= 11 is 6.23. The Hall–Kier alpha value is -0.580. The van der Waals surface area contributed by atoms with Crippen molar-refractivity contribution in [3.8, 4) is 0 Å². The van der Waals surface area contributed by atoms with Crippen LogP contribution in [0.5, 0.6) is 0 Å². The maximum atomic E-state index is 6.23. The van der Waals surface area contributed by atoms with E-state index in [0.717, 1.165) is 42.5 Å². The Morgan fingerprint density at radius 2 is 2.24 bits per heavy atom. The molecule has 1 aromatic heterocycles. The van der Waals surface area contributed by atoms with E-state index >= 15 is 0 Å². The van der Waals surface area contributed by atoms with Crippen LogP contribution in [0.15, 0.2) is 0 Å². The third kappa shape index (κ3) is 3.98. The molecule has 0 spiro atoms. The molecule has 5 heteroatoms. The molecule has 4 nitrogen and oxygen atoms in total. The van der Waals surface area contributed by atoms with Crippen molar-refractivity contribution in [2.24, 2.45) is 7.05 Å².